The van der Waals surface area contributed by atoms with E-state index < -0.39 is 5.97 Å². The Kier molecular flexibility index (Phi) is 10.5. The molecule has 0 saturated heterocycles. The van der Waals surface area contributed by atoms with E-state index in [0.29, 0.717) is 23.0 Å². The van der Waals surface area contributed by atoms with E-state index in [0.717, 1.165) is 27.8 Å². The Balaban J connectivity index is 0.00000506. The topological polar surface area (TPSA) is 171 Å². The van der Waals surface area contributed by atoms with Crippen LogP contribution in [0, 0.1) is 41.5 Å². The maximum absolute atomic E-state index is 11.9. The molecule has 4 N–H and O–H groups in total. The molecule has 13 heteroatoms. The van der Waals surface area contributed by atoms with Gasteiger partial charge < -0.3 is 31.4 Å². The monoisotopic (exact) mass is 629 g/mol. The Morgan fingerprint density at radius 3 is 2.21 bits per heavy atom. The number of aromatic hydroxyl groups is 1. The average molecular weight is 630 g/mol. The van der Waals surface area contributed by atoms with Crippen molar-refractivity contribution in [2.24, 2.45) is 15.3 Å². The fourth-order valence-electron chi connectivity index (χ4n) is 4.15. The minimum Gasteiger partial charge on any atom is -0.573 e. The third-order valence-electron chi connectivity index (χ3n) is 6.42. The van der Waals surface area contributed by atoms with Crippen LogP contribution in [0.25, 0.3) is 5.43 Å². The average Bonchev–Trinajstić information content (AvgIpc) is 2.92. The number of azo groups is 1. The van der Waals surface area contributed by atoms with Gasteiger partial charge in [0.15, 0.2) is 11.6 Å². The first-order valence-corrected chi connectivity index (χ1v) is 13.1. The molecule has 43 heavy (non-hydrogen) atoms. The van der Waals surface area contributed by atoms with Gasteiger partial charge in [0.2, 0.25) is 11.9 Å². The minimum atomic E-state index is -1.11. The first kappa shape index (κ1) is 32.6. The molecule has 0 radical (unpaired) electrons. The molecular weight excluding hydrogens is 598 g/mol. The number of anilines is 3. The van der Waals surface area contributed by atoms with Gasteiger partial charge in [-0.05, 0) is 82.0 Å². The van der Waals surface area contributed by atoms with Crippen molar-refractivity contribution >= 4 is 40.8 Å². The first-order chi connectivity index (χ1) is 19.9. The number of carboxylic acid groups (broad SMARTS) is 1. The van der Waals surface area contributed by atoms with Crippen molar-refractivity contribution in [3.05, 3.63) is 92.7 Å². The van der Waals surface area contributed by atoms with Crippen LogP contribution in [0.2, 0.25) is 0 Å². The van der Waals surface area contributed by atoms with Gasteiger partial charge in [-0.1, -0.05) is 29.8 Å². The number of benzene rings is 3. The number of aryl methyl sites for hydroxylation is 6. The molecule has 0 aliphatic rings. The number of hydrogen-bond donors (Lipinski definition) is 4. The molecule has 0 saturated carbocycles. The van der Waals surface area contributed by atoms with Crippen LogP contribution >= 0.6 is 0 Å². The van der Waals surface area contributed by atoms with Crippen LogP contribution in [0.3, 0.4) is 0 Å². The number of carbonyl (C=O) groups is 1. The Morgan fingerprint density at radius 1 is 0.837 bits per heavy atom. The summed E-state index contributed by atoms with van der Waals surface area (Å²) in [6, 6.07) is 12.4. The zero-order valence-electron chi connectivity index (χ0n) is 24.8. The summed E-state index contributed by atoms with van der Waals surface area (Å²) in [4.78, 5) is 24.6. The third kappa shape index (κ3) is 7.91. The number of amidine groups is 1. The standard InChI is InChI=1S/C30H33N9O3.Cu/c1-15-8-9-21(19(5)10-15)27(38-36-23-14-18(4)17(3)13-22(23)28(41)42)39-37-25-12-16(2)11-24(26(25)40)34-30-33-20(6)32-29(31-7)35-30;/h8-14H,1-7H3,(H5,31,32,33,34,35,36,37,38,39,40,41,42);/q;+1/p-1. The Bertz CT molecular complexity index is 1740. The number of phenols is 1. The summed E-state index contributed by atoms with van der Waals surface area (Å²) in [5.41, 5.74) is 10.1. The van der Waals surface area contributed by atoms with Crippen LogP contribution in [-0.4, -0.2) is 44.0 Å². The molecule has 4 rings (SSSR count). The van der Waals surface area contributed by atoms with Crippen molar-refractivity contribution in [3.8, 4) is 5.75 Å². The van der Waals surface area contributed by atoms with E-state index in [2.05, 4.69) is 46.3 Å². The molecule has 0 fully saturated rings. The van der Waals surface area contributed by atoms with Crippen molar-refractivity contribution in [1.29, 1.82) is 0 Å². The third-order valence-corrected chi connectivity index (χ3v) is 6.42. The number of aromatic carboxylic acids is 1. The zero-order valence-corrected chi connectivity index (χ0v) is 25.7. The Labute approximate surface area is 260 Å². The number of carboxylic acids is 1. The number of hydrogen-bond acceptors (Lipinski definition) is 9. The number of nitrogens with zero attached hydrogens (tertiary/aromatic N) is 7. The molecule has 0 spiro atoms. The smallest absolute Gasteiger partial charge is 0.573 e. The van der Waals surface area contributed by atoms with E-state index in [-0.39, 0.29) is 51.5 Å². The molecule has 1 heterocycles. The SMILES string of the molecule is CNc1nc(C)nc(Nc2cc(C)cc(N=N/C(=N\[N-]c3cc(C)c(C)cc3C(=O)O)c3ccc(C)cc3C)c2O)n1.[Cu+]. The van der Waals surface area contributed by atoms with E-state index in [1.54, 1.807) is 38.2 Å². The van der Waals surface area contributed by atoms with Gasteiger partial charge in [0.25, 0.3) is 0 Å². The van der Waals surface area contributed by atoms with Crippen LogP contribution < -0.4 is 10.6 Å². The van der Waals surface area contributed by atoms with Gasteiger partial charge in [-0.25, -0.2) is 4.79 Å². The van der Waals surface area contributed by atoms with Gasteiger partial charge in [0.05, 0.1) is 5.69 Å². The fraction of sp³-hybridized carbons (Fsp3) is 0.233. The Hall–Kier alpha value is -4.87. The van der Waals surface area contributed by atoms with E-state index in [4.69, 9.17) is 0 Å². The molecule has 3 aromatic carbocycles. The van der Waals surface area contributed by atoms with Crippen LogP contribution in [0.5, 0.6) is 5.75 Å². The van der Waals surface area contributed by atoms with E-state index in [9.17, 15) is 15.0 Å². The van der Waals surface area contributed by atoms with Gasteiger partial charge in [0, 0.05) is 18.2 Å². The number of aromatic nitrogens is 3. The first-order valence-electron chi connectivity index (χ1n) is 13.1. The summed E-state index contributed by atoms with van der Waals surface area (Å²) in [6.07, 6.45) is 0. The van der Waals surface area contributed by atoms with Crippen molar-refractivity contribution in [2.45, 2.75) is 41.5 Å². The van der Waals surface area contributed by atoms with E-state index in [1.807, 2.05) is 52.8 Å². The molecule has 1 aromatic heterocycles. The minimum absolute atomic E-state index is 0. The normalized spacial score (nSPS) is 11.3. The molecule has 0 atom stereocenters. The second-order valence-electron chi connectivity index (χ2n) is 9.89. The van der Waals surface area contributed by atoms with Gasteiger partial charge in [-0.15, -0.1) is 15.9 Å². The molecular formula is C30H32CuN9O3. The number of nitrogens with one attached hydrogen (secondary N) is 2. The maximum Gasteiger partial charge on any atom is 1.00 e. The summed E-state index contributed by atoms with van der Waals surface area (Å²) >= 11 is 0. The molecule has 0 amide bonds. The summed E-state index contributed by atoms with van der Waals surface area (Å²) in [5.74, 6) is -0.0186. The molecule has 0 unspecified atom stereocenters. The molecule has 0 aliphatic heterocycles. The van der Waals surface area contributed by atoms with Crippen molar-refractivity contribution in [1.82, 2.24) is 15.0 Å². The van der Waals surface area contributed by atoms with Crippen LogP contribution in [0.15, 0.2) is 57.8 Å². The summed E-state index contributed by atoms with van der Waals surface area (Å²) in [5, 5.41) is 39.7. The van der Waals surface area contributed by atoms with Crippen LogP contribution in [0.1, 0.15) is 49.6 Å². The zero-order chi connectivity index (χ0) is 30.6. The molecule has 226 valence electrons. The van der Waals surface area contributed by atoms with Crippen molar-refractivity contribution in [2.75, 3.05) is 17.7 Å². The van der Waals surface area contributed by atoms with Crippen LogP contribution in [0.4, 0.5) is 29.0 Å². The van der Waals surface area contributed by atoms with Gasteiger partial charge in [-0.2, -0.15) is 15.0 Å². The molecule has 12 nitrogen and oxygen atoms in total. The van der Waals surface area contributed by atoms with E-state index in [1.165, 1.54) is 0 Å². The second kappa shape index (κ2) is 13.9. The predicted molar refractivity (Wildman–Crippen MR) is 163 cm³/mol. The van der Waals surface area contributed by atoms with Gasteiger partial charge in [0.1, 0.15) is 11.5 Å². The largest absolute Gasteiger partial charge is 1.00 e. The van der Waals surface area contributed by atoms with Crippen molar-refractivity contribution < 1.29 is 32.1 Å². The van der Waals surface area contributed by atoms with Crippen molar-refractivity contribution in [3.63, 3.8) is 0 Å². The summed E-state index contributed by atoms with van der Waals surface area (Å²) < 4.78 is 0. The number of phenolic OH excluding ortho intramolecular Hbond substituents is 1. The predicted octanol–water partition coefficient (Wildman–Crippen LogP) is 7.06. The fourth-order valence-corrected chi connectivity index (χ4v) is 4.15. The molecule has 0 bridgehead atoms. The van der Waals surface area contributed by atoms with Crippen LogP contribution in [-0.2, 0) is 17.1 Å². The maximum atomic E-state index is 11.9. The number of rotatable bonds is 8. The summed E-state index contributed by atoms with van der Waals surface area (Å²) in [7, 11) is 1.70. The second-order valence-corrected chi connectivity index (χ2v) is 9.89. The van der Waals surface area contributed by atoms with E-state index >= 15 is 0 Å². The molecule has 0 aliphatic carbocycles. The van der Waals surface area contributed by atoms with Gasteiger partial charge >= 0.3 is 23.0 Å². The quantitative estimate of drug-likeness (QED) is 0.0400. The summed E-state index contributed by atoms with van der Waals surface area (Å²) in [6.45, 7) is 11.2. The van der Waals surface area contributed by atoms with Gasteiger partial charge in [-0.3, -0.25) is 0 Å². The molecule has 4 aromatic rings. The Morgan fingerprint density at radius 2 is 1.53 bits per heavy atom.